The molecule has 1 N–H and O–H groups in total. The topological polar surface area (TPSA) is 89.9 Å². The summed E-state index contributed by atoms with van der Waals surface area (Å²) >= 11 is 0. The van der Waals surface area contributed by atoms with Crippen molar-refractivity contribution >= 4 is 17.5 Å². The van der Waals surface area contributed by atoms with Crippen LogP contribution in [0.5, 0.6) is 0 Å². The van der Waals surface area contributed by atoms with Crippen molar-refractivity contribution < 1.29 is 29.0 Å². The highest BCUT2D eigenvalue weighted by molar-refractivity contribution is 5.88. The van der Waals surface area contributed by atoms with Gasteiger partial charge in [0.25, 0.3) is 0 Å². The third-order valence-corrected chi connectivity index (χ3v) is 8.70. The fraction of sp³-hybridized carbons (Fsp3) is 0.700. The average molecular weight is 501 g/mol. The first-order valence-corrected chi connectivity index (χ1v) is 13.5. The molecule has 0 radical (unpaired) electrons. The molecule has 1 saturated carbocycles. The quantitative estimate of drug-likeness (QED) is 0.292. The predicted molar refractivity (Wildman–Crippen MR) is 139 cm³/mol. The number of carbonyl (C=O) groups excluding carboxylic acids is 2. The van der Waals surface area contributed by atoms with Crippen molar-refractivity contribution in [2.75, 3.05) is 13.2 Å². The number of ether oxygens (including phenoxy) is 2. The fourth-order valence-electron chi connectivity index (χ4n) is 6.47. The van der Waals surface area contributed by atoms with Crippen molar-refractivity contribution in [2.45, 2.75) is 92.6 Å². The molecule has 0 aliphatic heterocycles. The van der Waals surface area contributed by atoms with E-state index in [9.17, 15) is 19.5 Å². The highest BCUT2D eigenvalue weighted by Crippen LogP contribution is 2.66. The van der Waals surface area contributed by atoms with Crippen LogP contribution >= 0.6 is 0 Å². The van der Waals surface area contributed by atoms with Crippen molar-refractivity contribution in [3.05, 3.63) is 35.1 Å². The van der Waals surface area contributed by atoms with Gasteiger partial charge in [0.1, 0.15) is 19.0 Å². The second-order valence-electron chi connectivity index (χ2n) is 11.9. The van der Waals surface area contributed by atoms with Crippen molar-refractivity contribution in [1.29, 1.82) is 0 Å². The first-order valence-electron chi connectivity index (χ1n) is 13.5. The summed E-state index contributed by atoms with van der Waals surface area (Å²) in [6.07, 6.45) is 12.9. The zero-order valence-corrected chi connectivity index (χ0v) is 22.9. The maximum atomic E-state index is 12.0. The number of Topliss-reactive ketones (excluding diaryl/α,β-unsaturated/α-hetero) is 2. The van der Waals surface area contributed by atoms with Crippen molar-refractivity contribution in [2.24, 2.45) is 28.6 Å². The van der Waals surface area contributed by atoms with E-state index in [1.807, 2.05) is 6.08 Å². The maximum Gasteiger partial charge on any atom is 0.331 e. The Kier molecular flexibility index (Phi) is 9.02. The second kappa shape index (κ2) is 11.5. The molecule has 0 amide bonds. The number of fused-ring (bicyclic) bond motifs is 2. The van der Waals surface area contributed by atoms with E-state index in [-0.39, 0.29) is 42.0 Å². The SMILES string of the molecule is CCCCCCC(C)(C)C1=CC(OCC(C)=O)C([C@@]2(C)C3CC=C(C(=O)O)[C@H]2C3)C(OCC(C)=O)=C1. The monoisotopic (exact) mass is 500 g/mol. The van der Waals surface area contributed by atoms with E-state index in [2.05, 4.69) is 39.8 Å². The summed E-state index contributed by atoms with van der Waals surface area (Å²) in [4.78, 5) is 35.9. The Morgan fingerprint density at radius 3 is 2.39 bits per heavy atom. The van der Waals surface area contributed by atoms with Crippen LogP contribution in [0.15, 0.2) is 35.1 Å². The summed E-state index contributed by atoms with van der Waals surface area (Å²) in [7, 11) is 0. The minimum atomic E-state index is -0.874. The Bertz CT molecular complexity index is 954. The normalized spacial score (nSPS) is 29.4. The first-order chi connectivity index (χ1) is 16.9. The van der Waals surface area contributed by atoms with Crippen LogP contribution in [0.2, 0.25) is 0 Å². The molecule has 2 bridgehead atoms. The minimum Gasteiger partial charge on any atom is -0.490 e. The molecule has 6 nitrogen and oxygen atoms in total. The minimum absolute atomic E-state index is 0.0189. The van der Waals surface area contributed by atoms with Gasteiger partial charge in [0, 0.05) is 5.57 Å². The lowest BCUT2D eigenvalue weighted by Gasteiger charge is -2.62. The van der Waals surface area contributed by atoms with Crippen LogP contribution in [0.25, 0.3) is 0 Å². The van der Waals surface area contributed by atoms with Gasteiger partial charge in [0.15, 0.2) is 11.6 Å². The largest absolute Gasteiger partial charge is 0.490 e. The number of carboxylic acid groups (broad SMARTS) is 1. The fourth-order valence-corrected chi connectivity index (χ4v) is 6.47. The number of hydrogen-bond donors (Lipinski definition) is 1. The Morgan fingerprint density at radius 1 is 1.11 bits per heavy atom. The van der Waals surface area contributed by atoms with Gasteiger partial charge in [-0.1, -0.05) is 65.5 Å². The Morgan fingerprint density at radius 2 is 1.81 bits per heavy atom. The molecule has 1 fully saturated rings. The van der Waals surface area contributed by atoms with E-state index in [0.29, 0.717) is 23.7 Å². The molecular weight excluding hydrogens is 456 g/mol. The summed E-state index contributed by atoms with van der Waals surface area (Å²) < 4.78 is 12.4. The maximum absolute atomic E-state index is 12.0. The smallest absolute Gasteiger partial charge is 0.331 e. The van der Waals surface area contributed by atoms with Gasteiger partial charge in [-0.05, 0) is 67.4 Å². The molecule has 0 aromatic heterocycles. The van der Waals surface area contributed by atoms with E-state index in [1.165, 1.54) is 33.1 Å². The lowest BCUT2D eigenvalue weighted by Crippen LogP contribution is -2.59. The van der Waals surface area contributed by atoms with E-state index in [1.54, 1.807) is 0 Å². The molecule has 0 heterocycles. The van der Waals surface area contributed by atoms with E-state index < -0.39 is 17.5 Å². The number of hydrogen-bond acceptors (Lipinski definition) is 5. The third kappa shape index (κ3) is 5.85. The number of ketones is 2. The van der Waals surface area contributed by atoms with Gasteiger partial charge in [-0.3, -0.25) is 9.59 Å². The zero-order chi connectivity index (χ0) is 26.7. The molecule has 3 aliphatic rings. The summed E-state index contributed by atoms with van der Waals surface area (Å²) in [5.41, 5.74) is 1.01. The van der Waals surface area contributed by atoms with E-state index in [4.69, 9.17) is 9.47 Å². The molecule has 3 unspecified atom stereocenters. The van der Waals surface area contributed by atoms with Gasteiger partial charge in [0.2, 0.25) is 0 Å². The number of carboxylic acids is 1. The van der Waals surface area contributed by atoms with Gasteiger partial charge in [0.05, 0.1) is 12.0 Å². The lowest BCUT2D eigenvalue weighted by atomic mass is 9.42. The summed E-state index contributed by atoms with van der Waals surface area (Å²) in [6.45, 7) is 11.7. The second-order valence-corrected chi connectivity index (χ2v) is 11.9. The number of allylic oxidation sites excluding steroid dienone is 3. The Balaban J connectivity index is 2.01. The van der Waals surface area contributed by atoms with Crippen LogP contribution in [0.3, 0.4) is 0 Å². The van der Waals surface area contributed by atoms with Crippen LogP contribution in [-0.2, 0) is 23.9 Å². The third-order valence-electron chi connectivity index (χ3n) is 8.70. The molecule has 36 heavy (non-hydrogen) atoms. The molecule has 3 rings (SSSR count). The summed E-state index contributed by atoms with van der Waals surface area (Å²) in [5, 5.41) is 9.87. The van der Waals surface area contributed by atoms with Crippen molar-refractivity contribution in [3.63, 3.8) is 0 Å². The molecule has 0 aromatic carbocycles. The summed E-state index contributed by atoms with van der Waals surface area (Å²) in [6, 6.07) is 0. The van der Waals surface area contributed by atoms with E-state index in [0.717, 1.165) is 24.8 Å². The van der Waals surface area contributed by atoms with Gasteiger partial charge >= 0.3 is 5.97 Å². The number of carbonyl (C=O) groups is 3. The Hall–Kier alpha value is -2.21. The highest BCUT2D eigenvalue weighted by Gasteiger charge is 2.62. The molecular formula is C30H44O6. The number of rotatable bonds is 14. The van der Waals surface area contributed by atoms with Gasteiger partial charge in [-0.2, -0.15) is 0 Å². The van der Waals surface area contributed by atoms with Crippen molar-refractivity contribution in [1.82, 2.24) is 0 Å². The number of aliphatic carboxylic acids is 1. The average Bonchev–Trinajstić information content (AvgIpc) is 2.82. The van der Waals surface area contributed by atoms with Gasteiger partial charge in [-0.15, -0.1) is 0 Å². The van der Waals surface area contributed by atoms with Gasteiger partial charge < -0.3 is 14.6 Å². The highest BCUT2D eigenvalue weighted by atomic mass is 16.5. The van der Waals surface area contributed by atoms with E-state index >= 15 is 0 Å². The van der Waals surface area contributed by atoms with Crippen LogP contribution in [0.4, 0.5) is 0 Å². The molecule has 6 heteroatoms. The van der Waals surface area contributed by atoms with Gasteiger partial charge in [-0.25, -0.2) is 4.79 Å². The Labute approximate surface area is 216 Å². The first kappa shape index (κ1) is 28.4. The number of unbranched alkanes of at least 4 members (excludes halogenated alkanes) is 3. The molecule has 0 spiro atoms. The van der Waals surface area contributed by atoms with Crippen molar-refractivity contribution in [3.8, 4) is 0 Å². The molecule has 0 aromatic rings. The molecule has 200 valence electrons. The molecule has 0 saturated heterocycles. The lowest BCUT2D eigenvalue weighted by molar-refractivity contribution is -0.148. The zero-order valence-electron chi connectivity index (χ0n) is 22.9. The van der Waals surface area contributed by atoms with Crippen LogP contribution < -0.4 is 0 Å². The predicted octanol–water partition coefficient (Wildman–Crippen LogP) is 6.06. The van der Waals surface area contributed by atoms with Crippen LogP contribution in [-0.4, -0.2) is 42.0 Å². The van der Waals surface area contributed by atoms with Crippen LogP contribution in [0.1, 0.15) is 86.5 Å². The van der Waals surface area contributed by atoms with Crippen LogP contribution in [0, 0.1) is 28.6 Å². The molecule has 3 aliphatic carbocycles. The molecule has 5 atom stereocenters. The summed E-state index contributed by atoms with van der Waals surface area (Å²) in [5.74, 6) is -0.432. The standard InChI is InChI=1S/C30H44O6/c1-7-8-9-10-13-29(4,5)22-15-25(35-17-19(2)31)27(26(16-22)36-18-20(3)32)30(6)21-11-12-23(28(33)34)24(30)14-21/h12,15-16,21,24-25,27H,7-11,13-14,17-18H2,1-6H3,(H,33,34)/t21?,24-,25?,27?,30+/m1/s1.